The van der Waals surface area contributed by atoms with Crippen molar-refractivity contribution in [3.8, 4) is 0 Å². The second-order valence-electron chi connectivity index (χ2n) is 5.87. The largest absolute Gasteiger partial charge is 0.393 e. The van der Waals surface area contributed by atoms with Crippen molar-refractivity contribution in [2.45, 2.75) is 45.3 Å². The van der Waals surface area contributed by atoms with Gasteiger partial charge in [0.2, 0.25) is 0 Å². The maximum atomic E-state index is 9.73. The van der Waals surface area contributed by atoms with Crippen molar-refractivity contribution in [1.29, 1.82) is 0 Å². The van der Waals surface area contributed by atoms with Crippen LogP contribution in [0.3, 0.4) is 0 Å². The fourth-order valence-corrected chi connectivity index (χ4v) is 3.31. The summed E-state index contributed by atoms with van der Waals surface area (Å²) < 4.78 is 0. The Morgan fingerprint density at radius 1 is 1.53 bits per heavy atom. The van der Waals surface area contributed by atoms with Crippen LogP contribution in [0.25, 0.3) is 0 Å². The van der Waals surface area contributed by atoms with Gasteiger partial charge in [-0.3, -0.25) is 0 Å². The monoisotopic (exact) mass is 261 g/mol. The summed E-state index contributed by atoms with van der Waals surface area (Å²) in [6.07, 6.45) is 4.26. The molecule has 3 N–H and O–H groups in total. The van der Waals surface area contributed by atoms with Gasteiger partial charge in [-0.05, 0) is 44.2 Å². The Kier molecular flexibility index (Phi) is 3.46. The molecule has 2 aliphatic rings. The van der Waals surface area contributed by atoms with Crippen LogP contribution in [0.15, 0.2) is 6.07 Å². The quantitative estimate of drug-likeness (QED) is 0.859. The van der Waals surface area contributed by atoms with E-state index in [2.05, 4.69) is 11.0 Å². The van der Waals surface area contributed by atoms with Crippen LogP contribution in [0.2, 0.25) is 0 Å². The molecule has 0 spiro atoms. The molecule has 0 aromatic carbocycles. The van der Waals surface area contributed by atoms with E-state index in [4.69, 9.17) is 10.7 Å². The Hall–Kier alpha value is -1.13. The molecule has 1 aliphatic carbocycles. The third kappa shape index (κ3) is 2.35. The summed E-state index contributed by atoms with van der Waals surface area (Å²) in [5.41, 5.74) is 9.69. The smallest absolute Gasteiger partial charge is 0.133 e. The van der Waals surface area contributed by atoms with Crippen molar-refractivity contribution in [2.24, 2.45) is 11.7 Å². The predicted molar refractivity (Wildman–Crippen MR) is 76.2 cm³/mol. The van der Waals surface area contributed by atoms with Gasteiger partial charge >= 0.3 is 0 Å². The summed E-state index contributed by atoms with van der Waals surface area (Å²) in [6, 6.07) is 2.25. The van der Waals surface area contributed by atoms with Gasteiger partial charge in [0.05, 0.1) is 6.10 Å². The van der Waals surface area contributed by atoms with E-state index in [1.807, 2.05) is 6.92 Å². The fraction of sp³-hybridized carbons (Fsp3) is 0.667. The fourth-order valence-electron chi connectivity index (χ4n) is 3.31. The van der Waals surface area contributed by atoms with Crippen LogP contribution < -0.4 is 10.6 Å². The van der Waals surface area contributed by atoms with Crippen LogP contribution in [0.5, 0.6) is 0 Å². The highest BCUT2D eigenvalue weighted by molar-refractivity contribution is 5.51. The summed E-state index contributed by atoms with van der Waals surface area (Å²) in [5.74, 6) is 1.42. The summed E-state index contributed by atoms with van der Waals surface area (Å²) in [4.78, 5) is 7.17. The number of aliphatic hydroxyl groups excluding tert-OH is 1. The number of aromatic nitrogens is 1. The summed E-state index contributed by atoms with van der Waals surface area (Å²) in [7, 11) is 0. The Bertz CT molecular complexity index is 473. The molecule has 4 nitrogen and oxygen atoms in total. The summed E-state index contributed by atoms with van der Waals surface area (Å²) in [6.45, 7) is 4.31. The first kappa shape index (κ1) is 12.9. The molecule has 2 atom stereocenters. The zero-order valence-electron chi connectivity index (χ0n) is 11.6. The lowest BCUT2D eigenvalue weighted by Crippen LogP contribution is -2.26. The van der Waals surface area contributed by atoms with E-state index in [1.165, 1.54) is 17.7 Å². The molecule has 0 radical (unpaired) electrons. The number of rotatable bonds is 3. The molecule has 1 aliphatic heterocycles. The molecule has 1 saturated heterocycles. The molecule has 0 amide bonds. The minimum Gasteiger partial charge on any atom is -0.393 e. The number of pyridine rings is 1. The standard InChI is InChI=1S/C15H23N3O/c1-10(19)12-5-6-18(9-12)15-13(8-16)7-11-3-2-4-14(11)17-15/h7,10,12,19H,2-6,8-9,16H2,1H3. The zero-order chi connectivity index (χ0) is 13.4. The number of hydrogen-bond acceptors (Lipinski definition) is 4. The molecule has 3 rings (SSSR count). The zero-order valence-corrected chi connectivity index (χ0v) is 11.6. The number of anilines is 1. The molecule has 2 heterocycles. The van der Waals surface area contributed by atoms with Gasteiger partial charge in [0.1, 0.15) is 5.82 Å². The van der Waals surface area contributed by atoms with E-state index < -0.39 is 0 Å². The summed E-state index contributed by atoms with van der Waals surface area (Å²) >= 11 is 0. The molecule has 19 heavy (non-hydrogen) atoms. The lowest BCUT2D eigenvalue weighted by molar-refractivity contribution is 0.136. The van der Waals surface area contributed by atoms with Gasteiger partial charge in [-0.2, -0.15) is 0 Å². The number of nitrogens with zero attached hydrogens (tertiary/aromatic N) is 2. The topological polar surface area (TPSA) is 62.4 Å². The van der Waals surface area contributed by atoms with Gasteiger partial charge < -0.3 is 15.7 Å². The van der Waals surface area contributed by atoms with E-state index in [-0.39, 0.29) is 6.10 Å². The lowest BCUT2D eigenvalue weighted by atomic mass is 10.0. The maximum absolute atomic E-state index is 9.73. The molecular formula is C15H23N3O. The number of nitrogens with two attached hydrogens (primary N) is 1. The maximum Gasteiger partial charge on any atom is 0.133 e. The van der Waals surface area contributed by atoms with E-state index in [1.54, 1.807) is 0 Å². The van der Waals surface area contributed by atoms with Crippen LogP contribution in [0.4, 0.5) is 5.82 Å². The Morgan fingerprint density at radius 3 is 3.05 bits per heavy atom. The van der Waals surface area contributed by atoms with Crippen molar-refractivity contribution in [2.75, 3.05) is 18.0 Å². The van der Waals surface area contributed by atoms with Gasteiger partial charge in [-0.15, -0.1) is 0 Å². The third-order valence-electron chi connectivity index (χ3n) is 4.53. The molecule has 0 saturated carbocycles. The first-order valence-corrected chi connectivity index (χ1v) is 7.33. The number of hydrogen-bond donors (Lipinski definition) is 2. The van der Waals surface area contributed by atoms with Crippen molar-refractivity contribution < 1.29 is 5.11 Å². The second-order valence-corrected chi connectivity index (χ2v) is 5.87. The van der Waals surface area contributed by atoms with Gasteiger partial charge in [0.25, 0.3) is 0 Å². The van der Waals surface area contributed by atoms with Gasteiger partial charge in [0, 0.05) is 36.8 Å². The molecule has 0 bridgehead atoms. The average Bonchev–Trinajstić information content (AvgIpc) is 3.05. The highest BCUT2D eigenvalue weighted by atomic mass is 16.3. The minimum atomic E-state index is -0.235. The van der Waals surface area contributed by atoms with E-state index in [0.717, 1.165) is 43.7 Å². The van der Waals surface area contributed by atoms with E-state index in [0.29, 0.717) is 12.5 Å². The normalized spacial score (nSPS) is 23.7. The molecule has 1 aromatic heterocycles. The van der Waals surface area contributed by atoms with Crippen molar-refractivity contribution in [3.63, 3.8) is 0 Å². The first-order chi connectivity index (χ1) is 9.19. The van der Waals surface area contributed by atoms with Crippen LogP contribution in [0, 0.1) is 5.92 Å². The van der Waals surface area contributed by atoms with E-state index >= 15 is 0 Å². The van der Waals surface area contributed by atoms with Crippen molar-refractivity contribution >= 4 is 5.82 Å². The number of aliphatic hydroxyl groups is 1. The van der Waals surface area contributed by atoms with Crippen LogP contribution in [-0.2, 0) is 19.4 Å². The predicted octanol–water partition coefficient (Wildman–Crippen LogP) is 1.24. The van der Waals surface area contributed by atoms with Crippen LogP contribution in [-0.4, -0.2) is 29.3 Å². The molecular weight excluding hydrogens is 238 g/mol. The van der Waals surface area contributed by atoms with E-state index in [9.17, 15) is 5.11 Å². The highest BCUT2D eigenvalue weighted by Gasteiger charge is 2.29. The van der Waals surface area contributed by atoms with Crippen LogP contribution >= 0.6 is 0 Å². The van der Waals surface area contributed by atoms with Gasteiger partial charge in [-0.1, -0.05) is 0 Å². The lowest BCUT2D eigenvalue weighted by Gasteiger charge is -2.22. The second kappa shape index (κ2) is 5.10. The Labute approximate surface area is 114 Å². The van der Waals surface area contributed by atoms with Crippen LogP contribution in [0.1, 0.15) is 36.6 Å². The Balaban J connectivity index is 1.88. The van der Waals surface area contributed by atoms with Gasteiger partial charge in [0.15, 0.2) is 0 Å². The highest BCUT2D eigenvalue weighted by Crippen LogP contribution is 2.31. The SMILES string of the molecule is CC(O)C1CCN(c2nc3c(cc2CN)CCC3)C1. The first-order valence-electron chi connectivity index (χ1n) is 7.33. The summed E-state index contributed by atoms with van der Waals surface area (Å²) in [5, 5.41) is 9.73. The third-order valence-corrected chi connectivity index (χ3v) is 4.53. The van der Waals surface area contributed by atoms with Crippen molar-refractivity contribution in [1.82, 2.24) is 4.98 Å². The molecule has 104 valence electrons. The number of fused-ring (bicyclic) bond motifs is 1. The van der Waals surface area contributed by atoms with Gasteiger partial charge in [-0.25, -0.2) is 4.98 Å². The molecule has 4 heteroatoms. The minimum absolute atomic E-state index is 0.235. The molecule has 2 unspecified atom stereocenters. The molecule has 1 fully saturated rings. The number of aryl methyl sites for hydroxylation is 2. The molecule has 1 aromatic rings. The Morgan fingerprint density at radius 2 is 2.37 bits per heavy atom. The van der Waals surface area contributed by atoms with Crippen molar-refractivity contribution in [3.05, 3.63) is 22.9 Å². The average molecular weight is 261 g/mol.